The number of aromatic amines is 1. The average Bonchev–Trinajstić information content (AvgIpc) is 2.80. The molecule has 1 spiro atoms. The highest BCUT2D eigenvalue weighted by Crippen LogP contribution is 2.43. The predicted molar refractivity (Wildman–Crippen MR) is 124 cm³/mol. The van der Waals surface area contributed by atoms with E-state index in [4.69, 9.17) is 14.6 Å². The number of carboxylic acids is 1. The normalized spacial score (nSPS) is 23.7. The Morgan fingerprint density at radius 3 is 2.46 bits per heavy atom. The lowest BCUT2D eigenvalue weighted by Crippen LogP contribution is -2.59. The van der Waals surface area contributed by atoms with Crippen molar-refractivity contribution >= 4 is 11.9 Å². The van der Waals surface area contributed by atoms with E-state index in [0.717, 1.165) is 0 Å². The number of piperidine rings is 1. The number of aryl methyl sites for hydroxylation is 1. The molecular weight excluding hydrogens is 458 g/mol. The molecule has 4 rings (SSSR count). The third-order valence-corrected chi connectivity index (χ3v) is 6.85. The average molecular weight is 488 g/mol. The van der Waals surface area contributed by atoms with Gasteiger partial charge in [0, 0.05) is 36.8 Å². The van der Waals surface area contributed by atoms with Crippen LogP contribution in [-0.4, -0.2) is 74.0 Å². The van der Waals surface area contributed by atoms with Crippen LogP contribution in [0.3, 0.4) is 0 Å². The van der Waals surface area contributed by atoms with Crippen LogP contribution in [0.15, 0.2) is 40.1 Å². The second-order valence-electron chi connectivity index (χ2n) is 9.52. The Kier molecular flexibility index (Phi) is 6.56. The molecule has 11 nitrogen and oxygen atoms in total. The van der Waals surface area contributed by atoms with Gasteiger partial charge in [0.05, 0.1) is 23.9 Å². The number of rotatable bonds is 5. The van der Waals surface area contributed by atoms with E-state index in [-0.39, 0.29) is 18.9 Å². The number of aromatic nitrogens is 2. The topological polar surface area (TPSA) is 151 Å². The summed E-state index contributed by atoms with van der Waals surface area (Å²) in [7, 11) is 0. The van der Waals surface area contributed by atoms with Crippen LogP contribution >= 0.6 is 0 Å². The Bertz CT molecular complexity index is 1220. The minimum atomic E-state index is -1.26. The number of amides is 1. The van der Waals surface area contributed by atoms with Gasteiger partial charge in [-0.15, -0.1) is 0 Å². The van der Waals surface area contributed by atoms with Crippen molar-refractivity contribution in [3.63, 3.8) is 0 Å². The third-order valence-electron chi connectivity index (χ3n) is 6.85. The largest absolute Gasteiger partial charge is 0.482 e. The van der Waals surface area contributed by atoms with Crippen LogP contribution in [0.1, 0.15) is 48.1 Å². The molecule has 0 bridgehead atoms. The number of nitrogens with one attached hydrogen (secondary N) is 1. The highest BCUT2D eigenvalue weighted by atomic mass is 16.5. The zero-order valence-corrected chi connectivity index (χ0v) is 19.7. The Hall–Kier alpha value is -3.44. The molecule has 0 saturated carbocycles. The quantitative estimate of drug-likeness (QED) is 0.557. The van der Waals surface area contributed by atoms with Crippen molar-refractivity contribution in [2.75, 3.05) is 26.3 Å². The number of H-pyrrole nitrogens is 1. The summed E-state index contributed by atoms with van der Waals surface area (Å²) in [5, 5.41) is 20.0. The van der Waals surface area contributed by atoms with Crippen molar-refractivity contribution in [1.29, 1.82) is 0 Å². The van der Waals surface area contributed by atoms with Gasteiger partial charge in [0.25, 0.3) is 11.5 Å². The monoisotopic (exact) mass is 487 g/mol. The van der Waals surface area contributed by atoms with Crippen LogP contribution in [0.25, 0.3) is 0 Å². The Morgan fingerprint density at radius 2 is 1.86 bits per heavy atom. The number of benzene rings is 1. The molecule has 11 heteroatoms. The second-order valence-corrected chi connectivity index (χ2v) is 9.52. The van der Waals surface area contributed by atoms with Crippen molar-refractivity contribution in [3.8, 4) is 5.75 Å². The first-order chi connectivity index (χ1) is 16.5. The molecule has 2 aromatic rings. The molecule has 1 aromatic carbocycles. The van der Waals surface area contributed by atoms with Crippen molar-refractivity contribution in [2.24, 2.45) is 0 Å². The number of aliphatic hydroxyl groups is 1. The summed E-state index contributed by atoms with van der Waals surface area (Å²) in [5.74, 6) is -0.866. The minimum Gasteiger partial charge on any atom is -0.482 e. The molecule has 2 saturated heterocycles. The van der Waals surface area contributed by atoms with Gasteiger partial charge in [-0.25, -0.2) is 9.59 Å². The molecule has 0 unspecified atom stereocenters. The summed E-state index contributed by atoms with van der Waals surface area (Å²) in [6.07, 6.45) is 2.79. The molecule has 2 aliphatic heterocycles. The number of aliphatic carboxylic acids is 1. The molecular formula is C24H29N3O8. The highest BCUT2D eigenvalue weighted by molar-refractivity contribution is 5.94. The molecule has 1 amide bonds. The Balaban J connectivity index is 1.40. The summed E-state index contributed by atoms with van der Waals surface area (Å²) in [5.41, 5.74) is -2.09. The number of nitrogens with zero attached hydrogens (tertiary/aromatic N) is 2. The van der Waals surface area contributed by atoms with Gasteiger partial charge in [-0.1, -0.05) is 0 Å². The van der Waals surface area contributed by atoms with Crippen LogP contribution in [0.2, 0.25) is 0 Å². The zero-order chi connectivity index (χ0) is 25.4. The first kappa shape index (κ1) is 24.7. The maximum Gasteiger partial charge on any atom is 0.341 e. The van der Waals surface area contributed by atoms with Crippen LogP contribution in [0.5, 0.6) is 5.75 Å². The number of hydrogen-bond acceptors (Lipinski definition) is 7. The van der Waals surface area contributed by atoms with Gasteiger partial charge in [-0.3, -0.25) is 19.1 Å². The SMILES string of the molecule is Cc1cn([C@H]2COC3(CCN(C(=O)c4ccc(OCC(=O)O)cc4)CC3)C[C@]2(C)O)c(=O)[nH]c1=O. The van der Waals surface area contributed by atoms with E-state index in [1.165, 1.54) is 10.8 Å². The van der Waals surface area contributed by atoms with Crippen LogP contribution < -0.4 is 16.0 Å². The molecule has 188 valence electrons. The smallest absolute Gasteiger partial charge is 0.341 e. The standard InChI is InChI=1S/C24H29N3O8/c1-15-11-27(22(32)25-20(15)30)18-12-35-24(14-23(18,2)33)7-9-26(10-8-24)21(31)16-3-5-17(6-4-16)34-13-19(28)29/h3-6,11,18,33H,7-10,12-14H2,1-2H3,(H,28,29)(H,25,30,32)/t18-,23-/m0/s1. The zero-order valence-electron chi connectivity index (χ0n) is 19.7. The first-order valence-electron chi connectivity index (χ1n) is 11.4. The summed E-state index contributed by atoms with van der Waals surface area (Å²) < 4.78 is 12.6. The van der Waals surface area contributed by atoms with E-state index in [9.17, 15) is 24.3 Å². The maximum atomic E-state index is 12.9. The van der Waals surface area contributed by atoms with Crippen molar-refractivity contribution in [3.05, 3.63) is 62.4 Å². The molecule has 2 aliphatic rings. The number of carbonyl (C=O) groups is 2. The van der Waals surface area contributed by atoms with Crippen molar-refractivity contribution in [1.82, 2.24) is 14.5 Å². The molecule has 3 heterocycles. The van der Waals surface area contributed by atoms with Gasteiger partial charge < -0.3 is 24.6 Å². The fraction of sp³-hybridized carbons (Fsp3) is 0.500. The Labute approximate surface area is 200 Å². The molecule has 1 aromatic heterocycles. The summed E-state index contributed by atoms with van der Waals surface area (Å²) in [4.78, 5) is 51.6. The number of hydrogen-bond donors (Lipinski definition) is 3. The summed E-state index contributed by atoms with van der Waals surface area (Å²) in [6, 6.07) is 5.66. The second kappa shape index (κ2) is 9.31. The predicted octanol–water partition coefficient (Wildman–Crippen LogP) is 0.696. The molecule has 0 aliphatic carbocycles. The van der Waals surface area contributed by atoms with E-state index >= 15 is 0 Å². The minimum absolute atomic E-state index is 0.101. The molecule has 35 heavy (non-hydrogen) atoms. The van der Waals surface area contributed by atoms with E-state index in [1.807, 2.05) is 0 Å². The van der Waals surface area contributed by atoms with Gasteiger partial charge in [-0.05, 0) is 51.0 Å². The van der Waals surface area contributed by atoms with Gasteiger partial charge in [0.1, 0.15) is 5.75 Å². The van der Waals surface area contributed by atoms with Crippen molar-refractivity contribution in [2.45, 2.75) is 50.4 Å². The van der Waals surface area contributed by atoms with Crippen LogP contribution in [-0.2, 0) is 9.53 Å². The molecule has 0 radical (unpaired) electrons. The van der Waals surface area contributed by atoms with Gasteiger partial charge in [0.2, 0.25) is 0 Å². The van der Waals surface area contributed by atoms with Gasteiger partial charge >= 0.3 is 11.7 Å². The maximum absolute atomic E-state index is 12.9. The molecule has 2 fully saturated rings. The lowest BCUT2D eigenvalue weighted by Gasteiger charge is -2.51. The molecule has 2 atom stereocenters. The number of carbonyl (C=O) groups excluding carboxylic acids is 1. The van der Waals surface area contributed by atoms with E-state index in [1.54, 1.807) is 43.0 Å². The number of carboxylic acid groups (broad SMARTS) is 1. The number of ether oxygens (including phenoxy) is 2. The first-order valence-corrected chi connectivity index (χ1v) is 11.4. The summed E-state index contributed by atoms with van der Waals surface area (Å²) >= 11 is 0. The van der Waals surface area contributed by atoms with E-state index in [2.05, 4.69) is 4.98 Å². The fourth-order valence-corrected chi connectivity index (χ4v) is 4.91. The fourth-order valence-electron chi connectivity index (χ4n) is 4.91. The molecule has 3 N–H and O–H groups in total. The van der Waals surface area contributed by atoms with E-state index < -0.39 is 41.1 Å². The number of likely N-dealkylation sites (tertiary alicyclic amines) is 1. The highest BCUT2D eigenvalue weighted by Gasteiger charge is 2.50. The van der Waals surface area contributed by atoms with Gasteiger partial charge in [-0.2, -0.15) is 0 Å². The third kappa shape index (κ3) is 5.15. The van der Waals surface area contributed by atoms with Crippen LogP contribution in [0.4, 0.5) is 0 Å². The van der Waals surface area contributed by atoms with E-state index in [0.29, 0.717) is 42.8 Å². The lowest BCUT2D eigenvalue weighted by atomic mass is 9.75. The Morgan fingerprint density at radius 1 is 1.20 bits per heavy atom. The lowest BCUT2D eigenvalue weighted by molar-refractivity contribution is -0.195. The van der Waals surface area contributed by atoms with Crippen LogP contribution in [0, 0.1) is 6.92 Å². The summed E-state index contributed by atoms with van der Waals surface area (Å²) in [6.45, 7) is 3.79. The van der Waals surface area contributed by atoms with Gasteiger partial charge in [0.15, 0.2) is 6.61 Å². The van der Waals surface area contributed by atoms with Crippen molar-refractivity contribution < 1.29 is 29.3 Å².